The summed E-state index contributed by atoms with van der Waals surface area (Å²) in [7, 11) is 0. The highest BCUT2D eigenvalue weighted by Crippen LogP contribution is 2.32. The molecule has 3 aromatic rings. The lowest BCUT2D eigenvalue weighted by molar-refractivity contribution is -0.136. The van der Waals surface area contributed by atoms with Gasteiger partial charge in [-0.3, -0.25) is 9.69 Å². The third-order valence-corrected chi connectivity index (χ3v) is 5.42. The zero-order chi connectivity index (χ0) is 21.8. The number of cyclic esters (lactones) is 1. The molecule has 6 nitrogen and oxygen atoms in total. The Bertz CT molecular complexity index is 1100. The summed E-state index contributed by atoms with van der Waals surface area (Å²) < 4.78 is 12.5. The first-order valence-electron chi connectivity index (χ1n) is 9.75. The zero-order valence-corrected chi connectivity index (χ0v) is 18.1. The van der Waals surface area contributed by atoms with Crippen molar-refractivity contribution >= 4 is 28.0 Å². The van der Waals surface area contributed by atoms with Crippen molar-refractivity contribution in [3.8, 4) is 11.5 Å². The van der Waals surface area contributed by atoms with Gasteiger partial charge in [-0.05, 0) is 41.5 Å². The van der Waals surface area contributed by atoms with Crippen LogP contribution in [0.2, 0.25) is 0 Å². The maximum absolute atomic E-state index is 12.5. The van der Waals surface area contributed by atoms with Crippen molar-refractivity contribution in [3.63, 3.8) is 0 Å². The molecule has 3 aromatic carbocycles. The van der Waals surface area contributed by atoms with Crippen LogP contribution in [0.15, 0.2) is 77.3 Å². The summed E-state index contributed by atoms with van der Waals surface area (Å²) in [6, 6.07) is 22.2. The third kappa shape index (κ3) is 5.24. The van der Waals surface area contributed by atoms with E-state index in [0.717, 1.165) is 15.6 Å². The Balaban J connectivity index is 1.52. The van der Waals surface area contributed by atoms with Gasteiger partial charge in [-0.2, -0.15) is 0 Å². The fourth-order valence-corrected chi connectivity index (χ4v) is 3.88. The summed E-state index contributed by atoms with van der Waals surface area (Å²) in [6.07, 6.45) is -0.758. The molecule has 1 heterocycles. The van der Waals surface area contributed by atoms with Crippen molar-refractivity contribution in [3.05, 3.63) is 94.0 Å². The van der Waals surface area contributed by atoms with Crippen molar-refractivity contribution < 1.29 is 24.2 Å². The molecular weight excluding hydrogens is 462 g/mol. The monoisotopic (exact) mass is 481 g/mol. The summed E-state index contributed by atoms with van der Waals surface area (Å²) in [4.78, 5) is 25.1. The van der Waals surface area contributed by atoms with Crippen LogP contribution in [-0.2, 0) is 22.5 Å². The fraction of sp³-hybridized carbons (Fsp3) is 0.167. The van der Waals surface area contributed by atoms with Gasteiger partial charge in [-0.25, -0.2) is 4.79 Å². The van der Waals surface area contributed by atoms with Crippen molar-refractivity contribution in [2.24, 2.45) is 0 Å². The minimum atomic E-state index is -0.901. The van der Waals surface area contributed by atoms with E-state index < -0.39 is 5.97 Å². The number of hydrogen-bond donors (Lipinski definition) is 1. The third-order valence-electron chi connectivity index (χ3n) is 4.92. The van der Waals surface area contributed by atoms with E-state index in [0.29, 0.717) is 30.2 Å². The van der Waals surface area contributed by atoms with E-state index in [4.69, 9.17) is 14.6 Å². The number of aliphatic carboxylic acids is 1. The first-order chi connectivity index (χ1) is 15.0. The molecule has 0 radical (unpaired) electrons. The van der Waals surface area contributed by atoms with E-state index in [1.165, 1.54) is 0 Å². The molecule has 1 aliphatic rings. The van der Waals surface area contributed by atoms with E-state index in [1.54, 1.807) is 29.2 Å². The number of carbonyl (C=O) groups is 2. The number of benzene rings is 3. The number of carboxylic acids is 1. The standard InChI is InChI=1S/C24H20BrNO5/c25-19-9-10-21(30-20-8-4-5-16(11-20)12-23(27)28)18(13-19)14-26-15-22(31-24(26)29)17-6-2-1-3-7-17/h1-11,13,22H,12,14-15H2,(H,27,28). The zero-order valence-electron chi connectivity index (χ0n) is 16.5. The molecule has 1 aliphatic heterocycles. The quantitative estimate of drug-likeness (QED) is 0.477. The number of nitrogens with zero attached hydrogens (tertiary/aromatic N) is 1. The lowest BCUT2D eigenvalue weighted by Crippen LogP contribution is -2.24. The molecule has 0 bridgehead atoms. The fourth-order valence-electron chi connectivity index (χ4n) is 3.48. The molecular formula is C24H20BrNO5. The maximum atomic E-state index is 12.5. The van der Waals surface area contributed by atoms with Crippen LogP contribution in [0.3, 0.4) is 0 Å². The second-order valence-electron chi connectivity index (χ2n) is 7.24. The van der Waals surface area contributed by atoms with Crippen LogP contribution in [0.1, 0.15) is 22.8 Å². The van der Waals surface area contributed by atoms with Crippen LogP contribution in [-0.4, -0.2) is 28.6 Å². The number of amides is 1. The normalized spacial score (nSPS) is 15.6. The Kier molecular flexibility index (Phi) is 6.23. The van der Waals surface area contributed by atoms with Crippen LogP contribution < -0.4 is 4.74 Å². The Labute approximate surface area is 188 Å². The minimum absolute atomic E-state index is 0.0785. The van der Waals surface area contributed by atoms with Gasteiger partial charge < -0.3 is 14.6 Å². The van der Waals surface area contributed by atoms with Crippen molar-refractivity contribution in [1.82, 2.24) is 4.90 Å². The Morgan fingerprint density at radius 2 is 1.90 bits per heavy atom. The van der Waals surface area contributed by atoms with Gasteiger partial charge in [-0.15, -0.1) is 0 Å². The number of halogens is 1. The van der Waals surface area contributed by atoms with Gasteiger partial charge >= 0.3 is 12.1 Å². The minimum Gasteiger partial charge on any atom is -0.481 e. The van der Waals surface area contributed by atoms with Gasteiger partial charge in [0.2, 0.25) is 0 Å². The molecule has 1 amide bonds. The summed E-state index contributed by atoms with van der Waals surface area (Å²) in [5, 5.41) is 9.01. The molecule has 0 spiro atoms. The molecule has 1 N–H and O–H groups in total. The molecule has 1 fully saturated rings. The predicted octanol–water partition coefficient (Wildman–Crippen LogP) is 5.56. The van der Waals surface area contributed by atoms with Gasteiger partial charge in [0.05, 0.1) is 19.5 Å². The summed E-state index contributed by atoms with van der Waals surface area (Å²) >= 11 is 3.48. The molecule has 158 valence electrons. The lowest BCUT2D eigenvalue weighted by Gasteiger charge is -2.17. The Morgan fingerprint density at radius 3 is 2.68 bits per heavy atom. The van der Waals surface area contributed by atoms with Crippen LogP contribution in [0.4, 0.5) is 4.79 Å². The highest BCUT2D eigenvalue weighted by molar-refractivity contribution is 9.10. The number of carboxylic acid groups (broad SMARTS) is 1. The summed E-state index contributed by atoms with van der Waals surface area (Å²) in [5.41, 5.74) is 2.42. The number of ether oxygens (including phenoxy) is 2. The van der Waals surface area contributed by atoms with E-state index >= 15 is 0 Å². The molecule has 1 atom stereocenters. The topological polar surface area (TPSA) is 76.1 Å². The maximum Gasteiger partial charge on any atom is 0.410 e. The summed E-state index contributed by atoms with van der Waals surface area (Å²) in [5.74, 6) is 0.224. The molecule has 0 aromatic heterocycles. The average molecular weight is 482 g/mol. The summed E-state index contributed by atoms with van der Waals surface area (Å²) in [6.45, 7) is 0.772. The SMILES string of the molecule is O=C(O)Cc1cccc(Oc2ccc(Br)cc2CN2CC(c3ccccc3)OC2=O)c1. The lowest BCUT2D eigenvalue weighted by atomic mass is 10.1. The molecule has 7 heteroatoms. The van der Waals surface area contributed by atoms with E-state index in [2.05, 4.69) is 15.9 Å². The van der Waals surface area contributed by atoms with Crippen LogP contribution in [0.25, 0.3) is 0 Å². The molecule has 1 unspecified atom stereocenters. The van der Waals surface area contributed by atoms with Gasteiger partial charge in [-0.1, -0.05) is 58.4 Å². The van der Waals surface area contributed by atoms with Crippen molar-refractivity contribution in [2.75, 3.05) is 6.54 Å². The highest BCUT2D eigenvalue weighted by Gasteiger charge is 2.32. The first kappa shape index (κ1) is 20.9. The van der Waals surface area contributed by atoms with Crippen molar-refractivity contribution in [2.45, 2.75) is 19.1 Å². The van der Waals surface area contributed by atoms with E-state index in [1.807, 2.05) is 48.5 Å². The van der Waals surface area contributed by atoms with Crippen LogP contribution >= 0.6 is 15.9 Å². The van der Waals surface area contributed by atoms with Gasteiger partial charge in [0.15, 0.2) is 0 Å². The second-order valence-corrected chi connectivity index (χ2v) is 8.15. The molecule has 0 aliphatic carbocycles. The van der Waals surface area contributed by atoms with E-state index in [-0.39, 0.29) is 18.6 Å². The highest BCUT2D eigenvalue weighted by atomic mass is 79.9. The molecule has 1 saturated heterocycles. The van der Waals surface area contributed by atoms with Gasteiger partial charge in [0.1, 0.15) is 17.6 Å². The van der Waals surface area contributed by atoms with Gasteiger partial charge in [0.25, 0.3) is 0 Å². The second kappa shape index (κ2) is 9.22. The molecule has 4 rings (SSSR count). The largest absolute Gasteiger partial charge is 0.481 e. The Hall–Kier alpha value is -3.32. The predicted molar refractivity (Wildman–Crippen MR) is 118 cm³/mol. The van der Waals surface area contributed by atoms with Crippen LogP contribution in [0.5, 0.6) is 11.5 Å². The van der Waals surface area contributed by atoms with Crippen molar-refractivity contribution in [1.29, 1.82) is 0 Å². The smallest absolute Gasteiger partial charge is 0.410 e. The molecule has 31 heavy (non-hydrogen) atoms. The number of carbonyl (C=O) groups excluding carboxylic acids is 1. The number of rotatable bonds is 7. The number of hydrogen-bond acceptors (Lipinski definition) is 4. The molecule has 0 saturated carbocycles. The average Bonchev–Trinajstić information content (AvgIpc) is 3.11. The van der Waals surface area contributed by atoms with Crippen LogP contribution in [0, 0.1) is 0 Å². The first-order valence-corrected chi connectivity index (χ1v) is 10.5. The van der Waals surface area contributed by atoms with Gasteiger partial charge in [0, 0.05) is 10.0 Å². The van der Waals surface area contributed by atoms with E-state index in [9.17, 15) is 9.59 Å². The Morgan fingerprint density at radius 1 is 1.10 bits per heavy atom.